The van der Waals surface area contributed by atoms with Crippen LogP contribution in [-0.4, -0.2) is 37.2 Å². The smallest absolute Gasteiger partial charge is 0.333 e. The number of nitrogens with one attached hydrogen (secondary N) is 1. The first kappa shape index (κ1) is 14.6. The molecule has 0 fully saturated rings. The van der Waals surface area contributed by atoms with Gasteiger partial charge in [0.25, 0.3) is 0 Å². The van der Waals surface area contributed by atoms with Crippen molar-refractivity contribution in [3.63, 3.8) is 0 Å². The first-order chi connectivity index (χ1) is 8.30. The third-order valence-corrected chi connectivity index (χ3v) is 3.37. The number of rotatable bonds is 6. The topological polar surface area (TPSA) is 104 Å². The number of carbonyl (C=O) groups is 1. The number of aliphatic carboxylic acids is 1. The average Bonchev–Trinajstić information content (AvgIpc) is 2.29. The molecule has 0 radical (unpaired) electrons. The Balaban J connectivity index is 2.60. The molecular formula is C10H12FNO5S. The zero-order valence-corrected chi connectivity index (χ0v) is 10.0. The van der Waals surface area contributed by atoms with Gasteiger partial charge in [0.2, 0.25) is 10.0 Å². The molecule has 0 aromatic heterocycles. The Kier molecular flexibility index (Phi) is 4.76. The maximum absolute atomic E-state index is 12.6. The van der Waals surface area contributed by atoms with Gasteiger partial charge in [-0.2, -0.15) is 0 Å². The largest absolute Gasteiger partial charge is 0.479 e. The van der Waals surface area contributed by atoms with Gasteiger partial charge in [0.1, 0.15) is 5.82 Å². The predicted molar refractivity (Wildman–Crippen MR) is 60.7 cm³/mol. The molecule has 6 nitrogen and oxygen atoms in total. The fraction of sp³-hybridized carbons (Fsp3) is 0.300. The first-order valence-corrected chi connectivity index (χ1v) is 6.58. The minimum absolute atomic E-state index is 0.355. The van der Waals surface area contributed by atoms with E-state index in [1.54, 1.807) is 0 Å². The Morgan fingerprint density at radius 1 is 1.33 bits per heavy atom. The van der Waals surface area contributed by atoms with Crippen LogP contribution in [-0.2, 0) is 20.6 Å². The van der Waals surface area contributed by atoms with Crippen molar-refractivity contribution in [3.8, 4) is 0 Å². The number of carboxylic acids is 1. The second-order valence-electron chi connectivity index (χ2n) is 3.59. The van der Waals surface area contributed by atoms with Gasteiger partial charge in [-0.1, -0.05) is 12.1 Å². The molecule has 0 saturated heterocycles. The van der Waals surface area contributed by atoms with E-state index in [1.165, 1.54) is 12.1 Å². The van der Waals surface area contributed by atoms with E-state index >= 15 is 0 Å². The molecule has 100 valence electrons. The number of hydrogen-bond donors (Lipinski definition) is 3. The summed E-state index contributed by atoms with van der Waals surface area (Å²) in [7, 11) is -3.77. The summed E-state index contributed by atoms with van der Waals surface area (Å²) in [6.07, 6.45) is -1.80. The molecule has 1 aromatic rings. The normalized spacial score (nSPS) is 13.2. The monoisotopic (exact) mass is 277 g/mol. The van der Waals surface area contributed by atoms with Crippen LogP contribution in [0.25, 0.3) is 0 Å². The van der Waals surface area contributed by atoms with E-state index in [2.05, 4.69) is 0 Å². The lowest BCUT2D eigenvalue weighted by Gasteiger charge is -2.08. The highest BCUT2D eigenvalue weighted by Crippen LogP contribution is 2.06. The van der Waals surface area contributed by atoms with E-state index in [0.29, 0.717) is 5.56 Å². The Labute approximate surface area is 103 Å². The van der Waals surface area contributed by atoms with Crippen molar-refractivity contribution >= 4 is 16.0 Å². The van der Waals surface area contributed by atoms with Crippen LogP contribution in [0.3, 0.4) is 0 Å². The van der Waals surface area contributed by atoms with Crippen molar-refractivity contribution in [1.29, 1.82) is 0 Å². The quantitative estimate of drug-likeness (QED) is 0.661. The van der Waals surface area contributed by atoms with E-state index in [4.69, 9.17) is 10.2 Å². The molecule has 0 bridgehead atoms. The van der Waals surface area contributed by atoms with Crippen LogP contribution in [0.4, 0.5) is 4.39 Å². The Hall–Kier alpha value is -1.51. The maximum Gasteiger partial charge on any atom is 0.333 e. The summed E-state index contributed by atoms with van der Waals surface area (Å²) in [5.41, 5.74) is 0.355. The standard InChI is InChI=1S/C10H12FNO5S/c11-8-3-1-7(2-4-8)6-18(16,17)12-5-9(13)10(14)15/h1-4,9,12-13H,5-6H2,(H,14,15)/t9-/m0/s1. The third-order valence-electron chi connectivity index (χ3n) is 2.05. The van der Waals surface area contributed by atoms with Crippen LogP contribution < -0.4 is 4.72 Å². The van der Waals surface area contributed by atoms with Crippen molar-refractivity contribution in [2.75, 3.05) is 6.54 Å². The highest BCUT2D eigenvalue weighted by atomic mass is 32.2. The van der Waals surface area contributed by atoms with Gasteiger partial charge in [0, 0.05) is 6.54 Å². The molecule has 1 aromatic carbocycles. The minimum Gasteiger partial charge on any atom is -0.479 e. The minimum atomic E-state index is -3.77. The Morgan fingerprint density at radius 2 is 1.89 bits per heavy atom. The lowest BCUT2D eigenvalue weighted by atomic mass is 10.2. The number of benzene rings is 1. The molecule has 0 unspecified atom stereocenters. The number of aliphatic hydroxyl groups excluding tert-OH is 1. The number of carboxylic acid groups (broad SMARTS) is 1. The predicted octanol–water partition coefficient (Wildman–Crippen LogP) is -0.309. The SMILES string of the molecule is O=C(O)[C@@H](O)CNS(=O)(=O)Cc1ccc(F)cc1. The van der Waals surface area contributed by atoms with Gasteiger partial charge < -0.3 is 10.2 Å². The number of sulfonamides is 1. The van der Waals surface area contributed by atoms with Crippen molar-refractivity contribution in [2.24, 2.45) is 0 Å². The van der Waals surface area contributed by atoms with Crippen LogP contribution >= 0.6 is 0 Å². The maximum atomic E-state index is 12.6. The van der Waals surface area contributed by atoms with Gasteiger partial charge >= 0.3 is 5.97 Å². The number of hydrogen-bond acceptors (Lipinski definition) is 4. The summed E-state index contributed by atoms with van der Waals surface area (Å²) in [4.78, 5) is 10.3. The molecule has 18 heavy (non-hydrogen) atoms. The molecule has 1 rings (SSSR count). The summed E-state index contributed by atoms with van der Waals surface area (Å²) < 4.78 is 37.6. The fourth-order valence-corrected chi connectivity index (χ4v) is 2.29. The van der Waals surface area contributed by atoms with Crippen molar-refractivity contribution < 1.29 is 27.8 Å². The molecule has 0 aliphatic carbocycles. The average molecular weight is 277 g/mol. The zero-order valence-electron chi connectivity index (χ0n) is 9.21. The summed E-state index contributed by atoms with van der Waals surface area (Å²) in [5, 5.41) is 17.3. The molecule has 3 N–H and O–H groups in total. The molecule has 0 amide bonds. The van der Waals surface area contributed by atoms with Gasteiger partial charge in [-0.15, -0.1) is 0 Å². The van der Waals surface area contributed by atoms with Gasteiger partial charge in [0.05, 0.1) is 5.75 Å². The number of halogens is 1. The van der Waals surface area contributed by atoms with Gasteiger partial charge in [-0.05, 0) is 17.7 Å². The van der Waals surface area contributed by atoms with E-state index in [1.807, 2.05) is 4.72 Å². The van der Waals surface area contributed by atoms with Crippen LogP contribution in [0.5, 0.6) is 0 Å². The first-order valence-electron chi connectivity index (χ1n) is 4.93. The van der Waals surface area contributed by atoms with Gasteiger partial charge in [-0.25, -0.2) is 22.3 Å². The highest BCUT2D eigenvalue weighted by Gasteiger charge is 2.18. The highest BCUT2D eigenvalue weighted by molar-refractivity contribution is 7.88. The zero-order chi connectivity index (χ0) is 13.8. The van der Waals surface area contributed by atoms with E-state index in [0.717, 1.165) is 12.1 Å². The Morgan fingerprint density at radius 3 is 2.39 bits per heavy atom. The summed E-state index contributed by atoms with van der Waals surface area (Å²) in [6.45, 7) is -0.612. The molecule has 0 aliphatic rings. The molecule has 0 heterocycles. The van der Waals surface area contributed by atoms with Crippen molar-refractivity contribution in [2.45, 2.75) is 11.9 Å². The lowest BCUT2D eigenvalue weighted by molar-refractivity contribution is -0.146. The summed E-state index contributed by atoms with van der Waals surface area (Å²) in [5.74, 6) is -2.41. The third kappa shape index (κ3) is 4.78. The second kappa shape index (κ2) is 5.89. The molecular weight excluding hydrogens is 265 g/mol. The molecule has 8 heteroatoms. The van der Waals surface area contributed by atoms with Gasteiger partial charge in [-0.3, -0.25) is 0 Å². The second-order valence-corrected chi connectivity index (χ2v) is 5.39. The Bertz CT molecular complexity index is 514. The van der Waals surface area contributed by atoms with E-state index in [-0.39, 0.29) is 0 Å². The van der Waals surface area contributed by atoms with Crippen molar-refractivity contribution in [3.05, 3.63) is 35.6 Å². The van der Waals surface area contributed by atoms with E-state index in [9.17, 15) is 17.6 Å². The van der Waals surface area contributed by atoms with E-state index < -0.39 is 40.2 Å². The van der Waals surface area contributed by atoms with Crippen LogP contribution in [0.15, 0.2) is 24.3 Å². The van der Waals surface area contributed by atoms with Crippen molar-refractivity contribution in [1.82, 2.24) is 4.72 Å². The summed E-state index contributed by atoms with van der Waals surface area (Å²) >= 11 is 0. The molecule has 0 saturated carbocycles. The number of aliphatic hydroxyl groups is 1. The van der Waals surface area contributed by atoms with Crippen LogP contribution in [0, 0.1) is 5.82 Å². The lowest BCUT2D eigenvalue weighted by Crippen LogP contribution is -2.37. The molecule has 0 spiro atoms. The van der Waals surface area contributed by atoms with Crippen LogP contribution in [0.2, 0.25) is 0 Å². The fourth-order valence-electron chi connectivity index (χ4n) is 1.14. The van der Waals surface area contributed by atoms with Crippen LogP contribution in [0.1, 0.15) is 5.56 Å². The molecule has 0 aliphatic heterocycles. The molecule has 1 atom stereocenters. The summed E-state index contributed by atoms with van der Waals surface area (Å²) in [6, 6.07) is 4.86. The van der Waals surface area contributed by atoms with Gasteiger partial charge in [0.15, 0.2) is 6.10 Å².